The van der Waals surface area contributed by atoms with Crippen molar-refractivity contribution in [2.75, 3.05) is 20.2 Å². The lowest BCUT2D eigenvalue weighted by molar-refractivity contribution is 0.0596. The Kier molecular flexibility index (Phi) is 5.71. The van der Waals surface area contributed by atoms with Crippen LogP contribution in [-0.4, -0.2) is 56.0 Å². The lowest BCUT2D eigenvalue weighted by atomic mass is 10.1. The number of nitrogens with zero attached hydrogens (tertiary/aromatic N) is 2. The first kappa shape index (κ1) is 20.0. The predicted molar refractivity (Wildman–Crippen MR) is 104 cm³/mol. The van der Waals surface area contributed by atoms with Gasteiger partial charge in [-0.1, -0.05) is 12.1 Å². The maximum Gasteiger partial charge on any atom is 0.357 e. The quantitative estimate of drug-likeness (QED) is 0.776. The van der Waals surface area contributed by atoms with Crippen molar-refractivity contribution in [3.63, 3.8) is 0 Å². The van der Waals surface area contributed by atoms with E-state index in [2.05, 4.69) is 10.3 Å². The highest BCUT2D eigenvalue weighted by atomic mass is 35.5. The summed E-state index contributed by atoms with van der Waals surface area (Å²) >= 11 is 0. The summed E-state index contributed by atoms with van der Waals surface area (Å²) in [5.74, 6) is -0.579. The maximum absolute atomic E-state index is 13.5. The minimum Gasteiger partial charge on any atom is -0.464 e. The van der Waals surface area contributed by atoms with Gasteiger partial charge < -0.3 is 10.1 Å². The molecule has 2 saturated heterocycles. The van der Waals surface area contributed by atoms with Gasteiger partial charge in [0.1, 0.15) is 0 Å². The maximum atomic E-state index is 13.5. The molecule has 1 N–H and O–H groups in total. The van der Waals surface area contributed by atoms with Crippen molar-refractivity contribution < 1.29 is 17.9 Å². The van der Waals surface area contributed by atoms with Crippen LogP contribution in [0.3, 0.4) is 0 Å². The third-order valence-corrected chi connectivity index (χ3v) is 7.35. The third kappa shape index (κ3) is 3.31. The minimum absolute atomic E-state index is 0. The normalized spacial score (nSPS) is 22.9. The molecule has 1 aromatic carbocycles. The third-order valence-electron chi connectivity index (χ3n) is 5.29. The molecule has 2 fully saturated rings. The summed E-state index contributed by atoms with van der Waals surface area (Å²) in [6, 6.07) is 6.61. The van der Waals surface area contributed by atoms with Gasteiger partial charge in [0.2, 0.25) is 10.0 Å². The molecule has 3 heterocycles. The zero-order chi connectivity index (χ0) is 18.3. The fourth-order valence-electron chi connectivity index (χ4n) is 4.11. The van der Waals surface area contributed by atoms with Crippen LogP contribution in [0.25, 0.3) is 10.8 Å². The van der Waals surface area contributed by atoms with E-state index in [1.54, 1.807) is 28.6 Å². The molecule has 7 nitrogen and oxygen atoms in total. The molecule has 2 aliphatic rings. The Bertz CT molecular complexity index is 952. The number of sulfonamides is 1. The Hall–Kier alpha value is -1.74. The summed E-state index contributed by atoms with van der Waals surface area (Å²) in [7, 11) is -2.40. The van der Waals surface area contributed by atoms with Crippen molar-refractivity contribution in [2.45, 2.75) is 36.2 Å². The van der Waals surface area contributed by atoms with Crippen LogP contribution >= 0.6 is 12.4 Å². The molecule has 27 heavy (non-hydrogen) atoms. The van der Waals surface area contributed by atoms with Gasteiger partial charge in [0, 0.05) is 35.6 Å². The monoisotopic (exact) mass is 411 g/mol. The highest BCUT2D eigenvalue weighted by Crippen LogP contribution is 2.36. The van der Waals surface area contributed by atoms with E-state index in [0.717, 1.165) is 25.8 Å². The van der Waals surface area contributed by atoms with Gasteiger partial charge in [0.05, 0.1) is 12.0 Å². The number of ether oxygens (including phenoxy) is 1. The van der Waals surface area contributed by atoms with E-state index >= 15 is 0 Å². The number of hydrogen-bond acceptors (Lipinski definition) is 6. The van der Waals surface area contributed by atoms with Gasteiger partial charge in [-0.3, -0.25) is 0 Å². The van der Waals surface area contributed by atoms with Crippen LogP contribution in [0.15, 0.2) is 35.4 Å². The number of nitrogens with one attached hydrogen (secondary N) is 1. The Labute approximate surface area is 164 Å². The zero-order valence-corrected chi connectivity index (χ0v) is 16.6. The lowest BCUT2D eigenvalue weighted by Gasteiger charge is -2.27. The Morgan fingerprint density at radius 1 is 1.19 bits per heavy atom. The average molecular weight is 412 g/mol. The van der Waals surface area contributed by atoms with Gasteiger partial charge in [-0.25, -0.2) is 18.2 Å². The molecule has 2 atom stereocenters. The Balaban J connectivity index is 0.00000210. The largest absolute Gasteiger partial charge is 0.464 e. The molecule has 1 aromatic heterocycles. The topological polar surface area (TPSA) is 88.6 Å². The summed E-state index contributed by atoms with van der Waals surface area (Å²) < 4.78 is 33.5. The summed E-state index contributed by atoms with van der Waals surface area (Å²) in [6.45, 7) is 1.51. The second-order valence-electron chi connectivity index (χ2n) is 6.72. The van der Waals surface area contributed by atoms with Crippen molar-refractivity contribution >= 4 is 39.2 Å². The van der Waals surface area contributed by atoms with Crippen LogP contribution in [0.1, 0.15) is 29.8 Å². The van der Waals surface area contributed by atoms with Crippen LogP contribution in [-0.2, 0) is 14.8 Å². The van der Waals surface area contributed by atoms with Crippen LogP contribution in [0.5, 0.6) is 0 Å². The molecule has 0 saturated carbocycles. The number of fused-ring (bicyclic) bond motifs is 3. The first-order valence-corrected chi connectivity index (χ1v) is 10.2. The van der Waals surface area contributed by atoms with E-state index in [1.807, 2.05) is 0 Å². The summed E-state index contributed by atoms with van der Waals surface area (Å²) in [4.78, 5) is 16.3. The first-order chi connectivity index (χ1) is 12.5. The number of carbonyl (C=O) groups excluding carboxylic acids is 1. The molecule has 4 rings (SSSR count). The summed E-state index contributed by atoms with van der Waals surface area (Å²) in [5.41, 5.74) is 0.127. The molecule has 2 bridgehead atoms. The van der Waals surface area contributed by atoms with Gasteiger partial charge in [-0.2, -0.15) is 4.31 Å². The summed E-state index contributed by atoms with van der Waals surface area (Å²) in [5, 5.41) is 4.31. The summed E-state index contributed by atoms with van der Waals surface area (Å²) in [6.07, 6.45) is 4.03. The van der Waals surface area contributed by atoms with Crippen LogP contribution in [0.2, 0.25) is 0 Å². The van der Waals surface area contributed by atoms with Crippen molar-refractivity contribution in [2.24, 2.45) is 0 Å². The highest BCUT2D eigenvalue weighted by Gasteiger charge is 2.43. The van der Waals surface area contributed by atoms with Gasteiger partial charge in [0.25, 0.3) is 0 Å². The number of rotatable bonds is 3. The van der Waals surface area contributed by atoms with Crippen molar-refractivity contribution in [3.05, 3.63) is 36.2 Å². The minimum atomic E-state index is -3.68. The smallest absolute Gasteiger partial charge is 0.357 e. The fourth-order valence-corrected chi connectivity index (χ4v) is 6.22. The lowest BCUT2D eigenvalue weighted by Crippen LogP contribution is -2.42. The average Bonchev–Trinajstić information content (AvgIpc) is 2.93. The van der Waals surface area contributed by atoms with Gasteiger partial charge >= 0.3 is 5.97 Å². The van der Waals surface area contributed by atoms with Gasteiger partial charge in [-0.15, -0.1) is 12.4 Å². The number of aromatic nitrogens is 1. The van der Waals surface area contributed by atoms with Crippen molar-refractivity contribution in [1.29, 1.82) is 0 Å². The molecule has 2 aliphatic heterocycles. The van der Waals surface area contributed by atoms with Crippen molar-refractivity contribution in [1.82, 2.24) is 14.6 Å². The SMILES string of the molecule is COC(=O)c1nccc2c(S(=O)(=O)N3C4CCNCC3CC4)cccc12.Cl. The number of pyridine rings is 1. The zero-order valence-electron chi connectivity index (χ0n) is 14.9. The second-order valence-corrected chi connectivity index (χ2v) is 8.53. The van der Waals surface area contributed by atoms with E-state index in [9.17, 15) is 13.2 Å². The number of carbonyl (C=O) groups is 1. The molecule has 9 heteroatoms. The molecule has 2 aromatic rings. The molecular formula is C18H22ClN3O4S. The molecule has 0 aliphatic carbocycles. The van der Waals surface area contributed by atoms with E-state index < -0.39 is 16.0 Å². The predicted octanol–water partition coefficient (Wildman–Crippen LogP) is 1.96. The van der Waals surface area contributed by atoms with E-state index in [1.165, 1.54) is 13.3 Å². The molecule has 0 spiro atoms. The highest BCUT2D eigenvalue weighted by molar-refractivity contribution is 7.89. The number of methoxy groups -OCH3 is 1. The fraction of sp³-hybridized carbons (Fsp3) is 0.444. The Morgan fingerprint density at radius 2 is 1.96 bits per heavy atom. The molecule has 146 valence electrons. The molecule has 0 amide bonds. The standard InChI is InChI=1S/C18H21N3O4S.ClH/c1-25-18(22)17-15-3-2-4-16(14(15)8-10-20-17)26(23,24)21-12-5-6-13(21)11-19-9-7-12;/h2-4,8,10,12-13,19H,5-7,9,11H2,1H3;1H. The van der Waals surface area contributed by atoms with Crippen LogP contribution in [0, 0.1) is 0 Å². The molecule has 2 unspecified atom stereocenters. The number of hydrogen-bond donors (Lipinski definition) is 1. The van der Waals surface area contributed by atoms with Crippen LogP contribution in [0.4, 0.5) is 0 Å². The Morgan fingerprint density at radius 3 is 2.74 bits per heavy atom. The number of esters is 1. The van der Waals surface area contributed by atoms with Gasteiger partial charge in [0.15, 0.2) is 5.69 Å². The van der Waals surface area contributed by atoms with Crippen LogP contribution < -0.4 is 5.32 Å². The number of benzene rings is 1. The number of halogens is 1. The van der Waals surface area contributed by atoms with E-state index in [0.29, 0.717) is 17.3 Å². The van der Waals surface area contributed by atoms with Gasteiger partial charge in [-0.05, 0) is 37.9 Å². The second kappa shape index (κ2) is 7.71. The first-order valence-electron chi connectivity index (χ1n) is 8.74. The van der Waals surface area contributed by atoms with Crippen molar-refractivity contribution in [3.8, 4) is 0 Å². The van der Waals surface area contributed by atoms with E-state index in [4.69, 9.17) is 4.74 Å². The molecule has 0 radical (unpaired) electrons. The molecular weight excluding hydrogens is 390 g/mol. The van der Waals surface area contributed by atoms with E-state index in [-0.39, 0.29) is 35.1 Å².